The van der Waals surface area contributed by atoms with E-state index in [-0.39, 0.29) is 18.4 Å². The van der Waals surface area contributed by atoms with Crippen LogP contribution >= 0.6 is 11.3 Å². The van der Waals surface area contributed by atoms with Gasteiger partial charge in [0.05, 0.1) is 17.1 Å². The molecule has 1 aliphatic heterocycles. The van der Waals surface area contributed by atoms with Crippen LogP contribution in [0.25, 0.3) is 22.0 Å². The van der Waals surface area contributed by atoms with Gasteiger partial charge in [-0.3, -0.25) is 19.5 Å². The largest absolute Gasteiger partial charge is 0.479 e. The van der Waals surface area contributed by atoms with E-state index in [1.165, 1.54) is 10.5 Å². The van der Waals surface area contributed by atoms with Gasteiger partial charge in [0.1, 0.15) is 17.3 Å². The van der Waals surface area contributed by atoms with Gasteiger partial charge < -0.3 is 10.1 Å². The van der Waals surface area contributed by atoms with Crippen LogP contribution in [0.3, 0.4) is 0 Å². The van der Waals surface area contributed by atoms with Crippen molar-refractivity contribution in [2.75, 3.05) is 16.8 Å². The molecule has 2 aromatic carbocycles. The molecule has 1 atom stereocenters. The summed E-state index contributed by atoms with van der Waals surface area (Å²) >= 11 is 1.57. The number of aryl methyl sites for hydroxylation is 2. The van der Waals surface area contributed by atoms with Crippen LogP contribution < -0.4 is 15.0 Å². The zero-order valence-corrected chi connectivity index (χ0v) is 21.1. The zero-order chi connectivity index (χ0) is 25.2. The highest BCUT2D eigenvalue weighted by Crippen LogP contribution is 2.40. The molecule has 0 bridgehead atoms. The van der Waals surface area contributed by atoms with Crippen molar-refractivity contribution in [3.63, 3.8) is 0 Å². The van der Waals surface area contributed by atoms with Crippen molar-refractivity contribution >= 4 is 34.5 Å². The van der Waals surface area contributed by atoms with E-state index >= 15 is 0 Å². The fourth-order valence-corrected chi connectivity index (χ4v) is 5.06. The molecule has 0 saturated heterocycles. The first-order valence-corrected chi connectivity index (χ1v) is 12.6. The number of amides is 2. The first-order valence-electron chi connectivity index (χ1n) is 11.8. The lowest BCUT2D eigenvalue weighted by molar-refractivity contribution is -0.127. The summed E-state index contributed by atoms with van der Waals surface area (Å²) in [6, 6.07) is 19.1. The van der Waals surface area contributed by atoms with E-state index in [4.69, 9.17) is 9.72 Å². The lowest BCUT2D eigenvalue weighted by Crippen LogP contribution is -2.47. The Labute approximate surface area is 213 Å². The minimum atomic E-state index is -0.684. The minimum absolute atomic E-state index is 0.117. The molecule has 5 rings (SSSR count). The normalized spacial score (nSPS) is 14.8. The second-order valence-corrected chi connectivity index (χ2v) is 9.81. The summed E-state index contributed by atoms with van der Waals surface area (Å²) < 4.78 is 5.84. The number of nitrogens with one attached hydrogen (secondary N) is 1. The summed E-state index contributed by atoms with van der Waals surface area (Å²) in [5, 5.41) is 3.72. The Kier molecular flexibility index (Phi) is 6.52. The lowest BCUT2D eigenvalue weighted by atomic mass is 10.1. The SMILES string of the molecule is CCc1ccc(NC(=O)CN2C(=O)C(C)Oc3ccc(-c4nc(-c5ccccn5)sc4C)cc32)cc1. The van der Waals surface area contributed by atoms with E-state index in [2.05, 4.69) is 17.2 Å². The van der Waals surface area contributed by atoms with E-state index < -0.39 is 6.10 Å². The molecule has 36 heavy (non-hydrogen) atoms. The number of pyridine rings is 1. The smallest absolute Gasteiger partial charge is 0.268 e. The van der Waals surface area contributed by atoms with Crippen molar-refractivity contribution in [1.82, 2.24) is 9.97 Å². The molecule has 4 aromatic rings. The van der Waals surface area contributed by atoms with Crippen molar-refractivity contribution in [3.05, 3.63) is 77.3 Å². The second kappa shape index (κ2) is 9.91. The Hall–Kier alpha value is -4.04. The maximum atomic E-state index is 13.1. The van der Waals surface area contributed by atoms with Gasteiger partial charge in [0, 0.05) is 22.3 Å². The van der Waals surface area contributed by atoms with Gasteiger partial charge in [0.25, 0.3) is 5.91 Å². The number of nitrogens with zero attached hydrogens (tertiary/aromatic N) is 3. The van der Waals surface area contributed by atoms with Gasteiger partial charge in [-0.1, -0.05) is 25.1 Å². The number of ether oxygens (including phenoxy) is 1. The third-order valence-electron chi connectivity index (χ3n) is 6.07. The number of carbonyl (C=O) groups is 2. The van der Waals surface area contributed by atoms with E-state index in [9.17, 15) is 9.59 Å². The maximum Gasteiger partial charge on any atom is 0.268 e. The predicted octanol–water partition coefficient (Wildman–Crippen LogP) is 5.50. The Morgan fingerprint density at radius 3 is 2.67 bits per heavy atom. The highest BCUT2D eigenvalue weighted by Gasteiger charge is 2.33. The van der Waals surface area contributed by atoms with Crippen LogP contribution in [0.5, 0.6) is 5.75 Å². The number of aromatic nitrogens is 2. The highest BCUT2D eigenvalue weighted by atomic mass is 32.1. The van der Waals surface area contributed by atoms with Crippen LogP contribution in [0.1, 0.15) is 24.3 Å². The molecule has 0 spiro atoms. The summed E-state index contributed by atoms with van der Waals surface area (Å²) in [4.78, 5) is 37.7. The highest BCUT2D eigenvalue weighted by molar-refractivity contribution is 7.15. The van der Waals surface area contributed by atoms with Gasteiger partial charge in [-0.15, -0.1) is 11.3 Å². The van der Waals surface area contributed by atoms with Gasteiger partial charge in [-0.2, -0.15) is 0 Å². The van der Waals surface area contributed by atoms with Gasteiger partial charge in [0.2, 0.25) is 5.91 Å². The minimum Gasteiger partial charge on any atom is -0.479 e. The number of fused-ring (bicyclic) bond motifs is 1. The van der Waals surface area contributed by atoms with E-state index in [1.807, 2.05) is 67.6 Å². The van der Waals surface area contributed by atoms with Crippen LogP contribution in [-0.2, 0) is 16.0 Å². The summed E-state index contributed by atoms with van der Waals surface area (Å²) in [5.74, 6) is 0.0180. The fourth-order valence-electron chi connectivity index (χ4n) is 4.15. The van der Waals surface area contributed by atoms with Gasteiger partial charge in [-0.05, 0) is 68.3 Å². The second-order valence-electron chi connectivity index (χ2n) is 8.60. The number of benzene rings is 2. The number of carbonyl (C=O) groups excluding carboxylic acids is 2. The Balaban J connectivity index is 1.43. The molecule has 2 amide bonds. The standard InChI is InChI=1S/C28H26N4O3S/c1-4-19-8-11-21(12-9-19)30-25(33)16-32-23-15-20(10-13-24(23)35-17(2)28(32)34)26-18(3)36-27(31-26)22-7-5-6-14-29-22/h5-15,17H,4,16H2,1-3H3,(H,30,33). The van der Waals surface area contributed by atoms with Crippen molar-refractivity contribution in [2.45, 2.75) is 33.3 Å². The molecule has 1 N–H and O–H groups in total. The molecule has 8 heteroatoms. The average Bonchev–Trinajstić information content (AvgIpc) is 3.29. The van der Waals surface area contributed by atoms with Crippen molar-refractivity contribution in [3.8, 4) is 27.7 Å². The van der Waals surface area contributed by atoms with E-state index in [0.29, 0.717) is 17.1 Å². The molecule has 0 fully saturated rings. The summed E-state index contributed by atoms with van der Waals surface area (Å²) in [6.07, 6.45) is 1.99. The number of rotatable bonds is 6. The molecule has 3 heterocycles. The van der Waals surface area contributed by atoms with Crippen molar-refractivity contribution in [1.29, 1.82) is 0 Å². The predicted molar refractivity (Wildman–Crippen MR) is 142 cm³/mol. The molecule has 2 aromatic heterocycles. The number of hydrogen-bond acceptors (Lipinski definition) is 6. The summed E-state index contributed by atoms with van der Waals surface area (Å²) in [7, 11) is 0. The average molecular weight is 499 g/mol. The third-order valence-corrected chi connectivity index (χ3v) is 7.06. The molecule has 1 unspecified atom stereocenters. The molecule has 0 radical (unpaired) electrons. The quantitative estimate of drug-likeness (QED) is 0.380. The number of anilines is 2. The van der Waals surface area contributed by atoms with Gasteiger partial charge in [0.15, 0.2) is 6.10 Å². The molecule has 7 nitrogen and oxygen atoms in total. The van der Waals surface area contributed by atoms with Crippen LogP contribution in [0.2, 0.25) is 0 Å². The maximum absolute atomic E-state index is 13.1. The topological polar surface area (TPSA) is 84.4 Å². The van der Waals surface area contributed by atoms with Crippen LogP contribution in [0.4, 0.5) is 11.4 Å². The first-order chi connectivity index (χ1) is 17.4. The summed E-state index contributed by atoms with van der Waals surface area (Å²) in [6.45, 7) is 5.67. The molecule has 0 aliphatic carbocycles. The lowest BCUT2D eigenvalue weighted by Gasteiger charge is -2.33. The van der Waals surface area contributed by atoms with Crippen LogP contribution in [0.15, 0.2) is 66.9 Å². The van der Waals surface area contributed by atoms with Crippen molar-refractivity contribution in [2.24, 2.45) is 0 Å². The molecule has 0 saturated carbocycles. The van der Waals surface area contributed by atoms with Gasteiger partial charge >= 0.3 is 0 Å². The Bertz CT molecular complexity index is 1420. The fraction of sp³-hybridized carbons (Fsp3) is 0.214. The molecule has 1 aliphatic rings. The number of thiazole rings is 1. The molecule has 182 valence electrons. The monoisotopic (exact) mass is 498 g/mol. The van der Waals surface area contributed by atoms with E-state index in [1.54, 1.807) is 24.5 Å². The molecular formula is C28H26N4O3S. The summed E-state index contributed by atoms with van der Waals surface area (Å²) in [5.41, 5.74) is 4.91. The van der Waals surface area contributed by atoms with Crippen LogP contribution in [-0.4, -0.2) is 34.4 Å². The van der Waals surface area contributed by atoms with Crippen LogP contribution in [0, 0.1) is 6.92 Å². The van der Waals surface area contributed by atoms with E-state index in [0.717, 1.165) is 33.3 Å². The third kappa shape index (κ3) is 4.72. The molecular weight excluding hydrogens is 472 g/mol. The zero-order valence-electron chi connectivity index (χ0n) is 20.3. The Morgan fingerprint density at radius 2 is 1.94 bits per heavy atom. The first kappa shape index (κ1) is 23.7. The van der Waals surface area contributed by atoms with Crippen molar-refractivity contribution < 1.29 is 14.3 Å². The van der Waals surface area contributed by atoms with Gasteiger partial charge in [-0.25, -0.2) is 4.98 Å². The Morgan fingerprint density at radius 1 is 1.14 bits per heavy atom. The number of hydrogen-bond donors (Lipinski definition) is 1.